The summed E-state index contributed by atoms with van der Waals surface area (Å²) < 4.78 is 5.14. The number of anilines is 3. The van der Waals surface area contributed by atoms with Gasteiger partial charge in [0.15, 0.2) is 5.82 Å². The minimum Gasteiger partial charge on any atom is -0.497 e. The number of fused-ring (bicyclic) bond motifs is 2. The van der Waals surface area contributed by atoms with Crippen molar-refractivity contribution in [3.63, 3.8) is 0 Å². The summed E-state index contributed by atoms with van der Waals surface area (Å²) in [4.78, 5) is 12.4. The summed E-state index contributed by atoms with van der Waals surface area (Å²) in [5.74, 6) is 3.41. The van der Waals surface area contributed by atoms with Crippen LogP contribution >= 0.6 is 0 Å². The molecule has 0 radical (unpaired) electrons. The Hall–Kier alpha value is -3.01. The van der Waals surface area contributed by atoms with Crippen LogP contribution in [0.3, 0.4) is 0 Å². The molecule has 4 rings (SSSR count). The maximum Gasteiger partial charge on any atom is 0.225 e. The molecule has 1 heterocycles. The van der Waals surface area contributed by atoms with E-state index in [9.17, 15) is 10.1 Å². The summed E-state index contributed by atoms with van der Waals surface area (Å²) in [5, 5.41) is 22.3. The van der Waals surface area contributed by atoms with Crippen molar-refractivity contribution in [2.45, 2.75) is 32.1 Å². The molecule has 1 aromatic carbocycles. The average Bonchev–Trinajstić information content (AvgIpc) is 3.38. The summed E-state index contributed by atoms with van der Waals surface area (Å²) in [7, 11) is 1.61. The van der Waals surface area contributed by atoms with Gasteiger partial charge in [-0.05, 0) is 61.3 Å². The molecule has 27 heavy (non-hydrogen) atoms. The number of carbonyl (C=O) groups is 1. The Bertz CT molecular complexity index is 867. The summed E-state index contributed by atoms with van der Waals surface area (Å²) in [6.45, 7) is 0. The molecule has 7 nitrogen and oxygen atoms in total. The van der Waals surface area contributed by atoms with Crippen molar-refractivity contribution < 1.29 is 9.53 Å². The summed E-state index contributed by atoms with van der Waals surface area (Å²) in [6, 6.07) is 9.44. The Balaban J connectivity index is 1.41. The van der Waals surface area contributed by atoms with Crippen LogP contribution in [0, 0.1) is 29.1 Å². The fourth-order valence-electron chi connectivity index (χ4n) is 4.50. The van der Waals surface area contributed by atoms with E-state index in [-0.39, 0.29) is 11.7 Å². The minimum atomic E-state index is -0.0634. The molecule has 0 spiro atoms. The second-order valence-electron chi connectivity index (χ2n) is 7.47. The van der Waals surface area contributed by atoms with Gasteiger partial charge in [-0.3, -0.25) is 9.89 Å². The number of carbonyl (C=O) groups excluding carboxylic acids is 1. The second-order valence-corrected chi connectivity index (χ2v) is 7.47. The molecule has 2 saturated carbocycles. The highest BCUT2D eigenvalue weighted by molar-refractivity contribution is 5.92. The van der Waals surface area contributed by atoms with Gasteiger partial charge in [0.05, 0.1) is 7.11 Å². The first-order chi connectivity index (χ1) is 13.2. The number of H-pyrrole nitrogens is 1. The summed E-state index contributed by atoms with van der Waals surface area (Å²) in [6.07, 6.45) is 5.53. The van der Waals surface area contributed by atoms with Crippen LogP contribution in [0.4, 0.5) is 17.3 Å². The average molecular weight is 365 g/mol. The molecule has 2 aliphatic rings. The van der Waals surface area contributed by atoms with Crippen LogP contribution in [0.25, 0.3) is 0 Å². The van der Waals surface area contributed by atoms with Crippen LogP contribution in [0.5, 0.6) is 5.75 Å². The number of ether oxygens (including phenoxy) is 1. The van der Waals surface area contributed by atoms with Gasteiger partial charge in [0.2, 0.25) is 5.91 Å². The van der Waals surface area contributed by atoms with Crippen molar-refractivity contribution in [1.82, 2.24) is 10.2 Å². The van der Waals surface area contributed by atoms with Crippen molar-refractivity contribution in [3.05, 3.63) is 29.8 Å². The van der Waals surface area contributed by atoms with E-state index in [0.29, 0.717) is 29.6 Å². The number of nitrogens with one attached hydrogen (secondary N) is 3. The first-order valence-electron chi connectivity index (χ1n) is 9.35. The molecule has 0 saturated heterocycles. The van der Waals surface area contributed by atoms with Gasteiger partial charge in [0, 0.05) is 12.1 Å². The lowest BCUT2D eigenvalue weighted by molar-refractivity contribution is -0.117. The number of aromatic amines is 1. The molecule has 2 aliphatic carbocycles. The van der Waals surface area contributed by atoms with Crippen LogP contribution in [-0.4, -0.2) is 23.2 Å². The highest BCUT2D eigenvalue weighted by atomic mass is 16.5. The molecule has 2 fully saturated rings. The molecule has 1 amide bonds. The molecular formula is C20H23N5O2. The van der Waals surface area contributed by atoms with Gasteiger partial charge in [-0.2, -0.15) is 10.4 Å². The summed E-state index contributed by atoms with van der Waals surface area (Å²) in [5.41, 5.74) is 1.09. The third-order valence-corrected chi connectivity index (χ3v) is 5.83. The van der Waals surface area contributed by atoms with Crippen molar-refractivity contribution in [2.24, 2.45) is 17.8 Å². The molecule has 7 heteroatoms. The van der Waals surface area contributed by atoms with Crippen LogP contribution in [-0.2, 0) is 4.79 Å². The zero-order valence-corrected chi connectivity index (χ0v) is 15.3. The Morgan fingerprint density at radius 2 is 2.15 bits per heavy atom. The molecular weight excluding hydrogens is 342 g/mol. The van der Waals surface area contributed by atoms with Crippen LogP contribution in [0.1, 0.15) is 37.7 Å². The lowest BCUT2D eigenvalue weighted by Crippen LogP contribution is -2.20. The van der Waals surface area contributed by atoms with E-state index >= 15 is 0 Å². The van der Waals surface area contributed by atoms with Crippen molar-refractivity contribution >= 4 is 23.2 Å². The molecule has 2 bridgehead atoms. The van der Waals surface area contributed by atoms with Crippen molar-refractivity contribution in [2.75, 3.05) is 17.7 Å². The number of benzene rings is 1. The molecule has 140 valence electrons. The Morgan fingerprint density at radius 3 is 2.78 bits per heavy atom. The maximum absolute atomic E-state index is 12.4. The van der Waals surface area contributed by atoms with E-state index in [0.717, 1.165) is 23.8 Å². The van der Waals surface area contributed by atoms with Crippen LogP contribution in [0.2, 0.25) is 0 Å². The second kappa shape index (κ2) is 7.31. The van der Waals surface area contributed by atoms with E-state index in [4.69, 9.17) is 4.74 Å². The highest BCUT2D eigenvalue weighted by Gasteiger charge is 2.40. The monoisotopic (exact) mass is 365 g/mol. The number of nitrogens with zero attached hydrogens (tertiary/aromatic N) is 2. The Kier molecular flexibility index (Phi) is 4.71. The molecule has 3 atom stereocenters. The fraction of sp³-hybridized carbons (Fsp3) is 0.450. The van der Waals surface area contributed by atoms with Crippen LogP contribution in [0.15, 0.2) is 24.3 Å². The van der Waals surface area contributed by atoms with Gasteiger partial charge < -0.3 is 15.4 Å². The number of aromatic nitrogens is 2. The SMILES string of the molecule is COc1ccc(Nc2[nH]nc(NC(=O)CC3CC4CCC3C4)c2C#N)cc1. The van der Waals surface area contributed by atoms with Crippen molar-refractivity contribution in [3.8, 4) is 11.8 Å². The highest BCUT2D eigenvalue weighted by Crippen LogP contribution is 2.49. The number of hydrogen-bond donors (Lipinski definition) is 3. The number of amides is 1. The van der Waals surface area contributed by atoms with E-state index in [1.165, 1.54) is 19.3 Å². The van der Waals surface area contributed by atoms with Gasteiger partial charge in [-0.1, -0.05) is 6.42 Å². The predicted octanol–water partition coefficient (Wildman–Crippen LogP) is 3.80. The third kappa shape index (κ3) is 3.61. The lowest BCUT2D eigenvalue weighted by Gasteiger charge is -2.20. The van der Waals surface area contributed by atoms with Crippen LogP contribution < -0.4 is 15.4 Å². The topological polar surface area (TPSA) is 103 Å². The third-order valence-electron chi connectivity index (χ3n) is 5.83. The van der Waals surface area contributed by atoms with Gasteiger partial charge in [-0.15, -0.1) is 0 Å². The van der Waals surface area contributed by atoms with E-state index in [1.54, 1.807) is 7.11 Å². The maximum atomic E-state index is 12.4. The molecule has 2 aromatic rings. The van der Waals surface area contributed by atoms with E-state index in [1.807, 2.05) is 24.3 Å². The zero-order valence-electron chi connectivity index (χ0n) is 15.3. The molecule has 3 unspecified atom stereocenters. The number of hydrogen-bond acceptors (Lipinski definition) is 5. The molecule has 3 N–H and O–H groups in total. The Labute approximate surface area is 158 Å². The Morgan fingerprint density at radius 1 is 1.33 bits per heavy atom. The fourth-order valence-corrected chi connectivity index (χ4v) is 4.50. The normalized spacial score (nSPS) is 23.0. The smallest absolute Gasteiger partial charge is 0.225 e. The first-order valence-corrected chi connectivity index (χ1v) is 9.35. The first kappa shape index (κ1) is 17.4. The van der Waals surface area contributed by atoms with Crippen molar-refractivity contribution in [1.29, 1.82) is 5.26 Å². The van der Waals surface area contributed by atoms with E-state index < -0.39 is 0 Å². The minimum absolute atomic E-state index is 0.0634. The standard InChI is InChI=1S/C20H23N5O2/c1-27-16-6-4-15(5-7-16)22-19-17(11-21)20(25-24-19)23-18(26)10-14-9-12-2-3-13(14)8-12/h4-7,12-14H,2-3,8-10H2,1H3,(H3,22,23,24,25,26). The molecule has 0 aliphatic heterocycles. The zero-order chi connectivity index (χ0) is 18.8. The predicted molar refractivity (Wildman–Crippen MR) is 102 cm³/mol. The van der Waals surface area contributed by atoms with Gasteiger partial charge in [0.1, 0.15) is 23.2 Å². The van der Waals surface area contributed by atoms with E-state index in [2.05, 4.69) is 26.9 Å². The number of nitriles is 1. The molecule has 1 aromatic heterocycles. The van der Waals surface area contributed by atoms with Gasteiger partial charge in [-0.25, -0.2) is 0 Å². The lowest BCUT2D eigenvalue weighted by atomic mass is 9.86. The van der Waals surface area contributed by atoms with Gasteiger partial charge in [0.25, 0.3) is 0 Å². The largest absolute Gasteiger partial charge is 0.497 e. The number of methoxy groups -OCH3 is 1. The quantitative estimate of drug-likeness (QED) is 0.722. The van der Waals surface area contributed by atoms with Gasteiger partial charge >= 0.3 is 0 Å². The summed E-state index contributed by atoms with van der Waals surface area (Å²) >= 11 is 0. The number of rotatable bonds is 6.